The third kappa shape index (κ3) is 3.59. The normalized spacial score (nSPS) is 11.9. The van der Waals surface area contributed by atoms with Crippen LogP contribution in [0, 0.1) is 0 Å². The number of hydrogen-bond acceptors (Lipinski definition) is 7. The van der Waals surface area contributed by atoms with Gasteiger partial charge in [0.05, 0.1) is 10.4 Å². The summed E-state index contributed by atoms with van der Waals surface area (Å²) in [5.74, 6) is 1.52. The van der Waals surface area contributed by atoms with Crippen molar-refractivity contribution in [2.75, 3.05) is 18.1 Å². The van der Waals surface area contributed by atoms with E-state index in [1.54, 1.807) is 18.2 Å². The van der Waals surface area contributed by atoms with Crippen molar-refractivity contribution in [3.8, 4) is 0 Å². The van der Waals surface area contributed by atoms with Crippen LogP contribution < -0.4 is 5.32 Å². The maximum absolute atomic E-state index is 11.8. The Morgan fingerprint density at radius 2 is 2.00 bits per heavy atom. The first kappa shape index (κ1) is 17.3. The lowest BCUT2D eigenvalue weighted by molar-refractivity contribution is 0.602. The van der Waals surface area contributed by atoms with E-state index in [9.17, 15) is 8.42 Å². The molecule has 8 nitrogen and oxygen atoms in total. The van der Waals surface area contributed by atoms with Crippen LogP contribution in [0.4, 0.5) is 5.82 Å². The van der Waals surface area contributed by atoms with Crippen LogP contribution in [-0.2, 0) is 16.3 Å². The van der Waals surface area contributed by atoms with Gasteiger partial charge in [0.1, 0.15) is 18.0 Å². The predicted octanol–water partition coefficient (Wildman–Crippen LogP) is 2.12. The van der Waals surface area contributed by atoms with E-state index < -0.39 is 9.84 Å². The van der Waals surface area contributed by atoms with Gasteiger partial charge in [0.15, 0.2) is 15.5 Å². The minimum atomic E-state index is -3.29. The van der Waals surface area contributed by atoms with E-state index in [-0.39, 0.29) is 4.90 Å². The molecule has 0 atom stereocenters. The summed E-state index contributed by atoms with van der Waals surface area (Å²) in [7, 11) is -3.29. The van der Waals surface area contributed by atoms with E-state index in [2.05, 4.69) is 25.5 Å². The molecular formula is C18H18N6O2S. The van der Waals surface area contributed by atoms with Gasteiger partial charge >= 0.3 is 0 Å². The van der Waals surface area contributed by atoms with Crippen LogP contribution in [-0.4, -0.2) is 45.8 Å². The van der Waals surface area contributed by atoms with Gasteiger partial charge in [-0.2, -0.15) is 0 Å². The highest BCUT2D eigenvalue weighted by atomic mass is 32.2. The first-order chi connectivity index (χ1) is 13.0. The summed E-state index contributed by atoms with van der Waals surface area (Å²) in [5.41, 5.74) is 1.53. The van der Waals surface area contributed by atoms with Crippen molar-refractivity contribution in [1.29, 1.82) is 0 Å². The summed E-state index contributed by atoms with van der Waals surface area (Å²) < 4.78 is 25.6. The lowest BCUT2D eigenvalue weighted by Crippen LogP contribution is -2.07. The average Bonchev–Trinajstić information content (AvgIpc) is 3.07. The SMILES string of the molecule is CS(=O)(=O)c1ccc2ncnc(NCCCc3nnc4ccccn34)c2c1. The maximum atomic E-state index is 11.8. The molecule has 0 amide bonds. The third-order valence-corrected chi connectivity index (χ3v) is 5.40. The zero-order valence-corrected chi connectivity index (χ0v) is 15.5. The smallest absolute Gasteiger partial charge is 0.175 e. The molecule has 1 aromatic carbocycles. The Kier molecular flexibility index (Phi) is 4.44. The van der Waals surface area contributed by atoms with Crippen molar-refractivity contribution >= 4 is 32.2 Å². The molecule has 0 aliphatic rings. The van der Waals surface area contributed by atoms with E-state index in [1.165, 1.54) is 12.6 Å². The highest BCUT2D eigenvalue weighted by molar-refractivity contribution is 7.90. The Morgan fingerprint density at radius 3 is 2.85 bits per heavy atom. The van der Waals surface area contributed by atoms with Crippen LogP contribution in [0.5, 0.6) is 0 Å². The van der Waals surface area contributed by atoms with Crippen molar-refractivity contribution in [2.24, 2.45) is 0 Å². The van der Waals surface area contributed by atoms with Gasteiger partial charge in [-0.05, 0) is 36.8 Å². The summed E-state index contributed by atoms with van der Waals surface area (Å²) in [5, 5.41) is 12.3. The number of pyridine rings is 1. The van der Waals surface area contributed by atoms with E-state index in [0.717, 1.165) is 24.3 Å². The molecule has 0 spiro atoms. The van der Waals surface area contributed by atoms with Gasteiger partial charge in [-0.1, -0.05) is 6.07 Å². The molecule has 138 valence electrons. The molecule has 4 aromatic rings. The molecule has 0 aliphatic carbocycles. The molecular weight excluding hydrogens is 364 g/mol. The highest BCUT2D eigenvalue weighted by Gasteiger charge is 2.11. The Hall–Kier alpha value is -3.07. The summed E-state index contributed by atoms with van der Waals surface area (Å²) in [4.78, 5) is 8.72. The number of benzene rings is 1. The second kappa shape index (κ2) is 6.92. The van der Waals surface area contributed by atoms with E-state index in [0.29, 0.717) is 23.3 Å². The monoisotopic (exact) mass is 382 g/mol. The van der Waals surface area contributed by atoms with Crippen LogP contribution in [0.2, 0.25) is 0 Å². The third-order valence-electron chi connectivity index (χ3n) is 4.29. The van der Waals surface area contributed by atoms with Gasteiger partial charge in [-0.25, -0.2) is 18.4 Å². The van der Waals surface area contributed by atoms with Gasteiger partial charge in [0.25, 0.3) is 0 Å². The molecule has 0 saturated carbocycles. The van der Waals surface area contributed by atoms with Crippen molar-refractivity contribution in [1.82, 2.24) is 24.6 Å². The fourth-order valence-electron chi connectivity index (χ4n) is 2.92. The number of anilines is 1. The van der Waals surface area contributed by atoms with Crippen molar-refractivity contribution < 1.29 is 8.42 Å². The number of aryl methyl sites for hydroxylation is 1. The number of nitrogens with zero attached hydrogens (tertiary/aromatic N) is 5. The van der Waals surface area contributed by atoms with Crippen LogP contribution >= 0.6 is 0 Å². The Balaban J connectivity index is 1.48. The molecule has 1 N–H and O–H groups in total. The molecule has 0 fully saturated rings. The van der Waals surface area contributed by atoms with Crippen LogP contribution in [0.3, 0.4) is 0 Å². The van der Waals surface area contributed by atoms with Crippen LogP contribution in [0.1, 0.15) is 12.2 Å². The minimum absolute atomic E-state index is 0.253. The quantitative estimate of drug-likeness (QED) is 0.510. The number of sulfone groups is 1. The van der Waals surface area contributed by atoms with Gasteiger partial charge in [0, 0.05) is 30.8 Å². The Labute approximate surface area is 156 Å². The summed E-state index contributed by atoms with van der Waals surface area (Å²) in [6, 6.07) is 10.7. The molecule has 9 heteroatoms. The molecule has 0 unspecified atom stereocenters. The molecule has 27 heavy (non-hydrogen) atoms. The van der Waals surface area contributed by atoms with Crippen LogP contribution in [0.25, 0.3) is 16.6 Å². The van der Waals surface area contributed by atoms with Gasteiger partial charge in [-0.3, -0.25) is 4.40 Å². The number of rotatable bonds is 6. The predicted molar refractivity (Wildman–Crippen MR) is 102 cm³/mol. The van der Waals surface area contributed by atoms with Crippen molar-refractivity contribution in [2.45, 2.75) is 17.7 Å². The second-order valence-electron chi connectivity index (χ2n) is 6.25. The Morgan fingerprint density at radius 1 is 1.11 bits per heavy atom. The fourth-order valence-corrected chi connectivity index (χ4v) is 3.57. The first-order valence-electron chi connectivity index (χ1n) is 8.50. The summed E-state index contributed by atoms with van der Waals surface area (Å²) >= 11 is 0. The van der Waals surface area contributed by atoms with E-state index in [1.807, 2.05) is 28.8 Å². The number of nitrogens with one attached hydrogen (secondary N) is 1. The maximum Gasteiger partial charge on any atom is 0.175 e. The molecule has 3 heterocycles. The van der Waals surface area contributed by atoms with Gasteiger partial charge in [0.2, 0.25) is 0 Å². The lowest BCUT2D eigenvalue weighted by atomic mass is 10.2. The Bertz CT molecular complexity index is 1220. The average molecular weight is 382 g/mol. The minimum Gasteiger partial charge on any atom is -0.369 e. The zero-order chi connectivity index (χ0) is 18.9. The molecule has 0 saturated heterocycles. The topological polar surface area (TPSA) is 102 Å². The zero-order valence-electron chi connectivity index (χ0n) is 14.7. The highest BCUT2D eigenvalue weighted by Crippen LogP contribution is 2.23. The number of hydrogen-bond donors (Lipinski definition) is 1. The summed E-state index contributed by atoms with van der Waals surface area (Å²) in [6.45, 7) is 0.664. The van der Waals surface area contributed by atoms with E-state index >= 15 is 0 Å². The number of fused-ring (bicyclic) bond motifs is 2. The molecule has 3 aromatic heterocycles. The standard InChI is InChI=1S/C18H18N6O2S/c1-27(25,26)13-7-8-15-14(11-13)18(21-12-20-15)19-9-4-6-17-23-22-16-5-2-3-10-24(16)17/h2-3,5,7-8,10-12H,4,6,9H2,1H3,(H,19,20,21). The van der Waals surface area contributed by atoms with Crippen molar-refractivity contribution in [3.05, 3.63) is 54.7 Å². The fraction of sp³-hybridized carbons (Fsp3) is 0.222. The second-order valence-corrected chi connectivity index (χ2v) is 8.26. The number of aromatic nitrogens is 5. The largest absolute Gasteiger partial charge is 0.369 e. The van der Waals surface area contributed by atoms with Crippen LogP contribution in [0.15, 0.2) is 53.8 Å². The lowest BCUT2D eigenvalue weighted by Gasteiger charge is -2.09. The summed E-state index contributed by atoms with van der Waals surface area (Å²) in [6.07, 6.45) is 6.19. The van der Waals surface area contributed by atoms with E-state index in [4.69, 9.17) is 0 Å². The first-order valence-corrected chi connectivity index (χ1v) is 10.4. The molecule has 0 radical (unpaired) electrons. The molecule has 0 aliphatic heterocycles. The van der Waals surface area contributed by atoms with Gasteiger partial charge < -0.3 is 5.32 Å². The van der Waals surface area contributed by atoms with Crippen molar-refractivity contribution in [3.63, 3.8) is 0 Å². The molecule has 0 bridgehead atoms. The van der Waals surface area contributed by atoms with Gasteiger partial charge in [-0.15, -0.1) is 10.2 Å². The molecule has 4 rings (SSSR count).